The lowest BCUT2D eigenvalue weighted by Crippen LogP contribution is -2.38. The van der Waals surface area contributed by atoms with E-state index in [1.54, 1.807) is 18.3 Å². The molecule has 1 aliphatic heterocycles. The van der Waals surface area contributed by atoms with Gasteiger partial charge >= 0.3 is 0 Å². The van der Waals surface area contributed by atoms with Gasteiger partial charge in [0.2, 0.25) is 0 Å². The van der Waals surface area contributed by atoms with Crippen LogP contribution >= 0.6 is 0 Å². The molecular formula is C14H20N4. The summed E-state index contributed by atoms with van der Waals surface area (Å²) in [6.07, 6.45) is 5.69. The van der Waals surface area contributed by atoms with Crippen LogP contribution in [-0.2, 0) is 0 Å². The third-order valence-electron chi connectivity index (χ3n) is 3.29. The van der Waals surface area contributed by atoms with Crippen molar-refractivity contribution in [1.29, 1.82) is 5.26 Å². The Kier molecular flexibility index (Phi) is 4.54. The molecule has 18 heavy (non-hydrogen) atoms. The van der Waals surface area contributed by atoms with Gasteiger partial charge in [-0.15, -0.1) is 0 Å². The van der Waals surface area contributed by atoms with E-state index in [-0.39, 0.29) is 0 Å². The molecule has 1 aromatic heterocycles. The van der Waals surface area contributed by atoms with Crippen LogP contribution in [-0.4, -0.2) is 35.6 Å². The molecule has 1 saturated heterocycles. The molecule has 1 aliphatic rings. The van der Waals surface area contributed by atoms with Crippen LogP contribution in [0.25, 0.3) is 0 Å². The Balaban J connectivity index is 1.90. The van der Waals surface area contributed by atoms with Gasteiger partial charge in [-0.25, -0.2) is 4.98 Å². The second kappa shape index (κ2) is 6.36. The second-order valence-corrected chi connectivity index (χ2v) is 4.92. The molecule has 0 aliphatic carbocycles. The first-order valence-electron chi connectivity index (χ1n) is 6.63. The minimum Gasteiger partial charge on any atom is -0.365 e. The van der Waals surface area contributed by atoms with Gasteiger partial charge in [-0.3, -0.25) is 0 Å². The highest BCUT2D eigenvalue weighted by molar-refractivity contribution is 5.51. The van der Waals surface area contributed by atoms with Crippen molar-refractivity contribution in [3.63, 3.8) is 0 Å². The average Bonchev–Trinajstić information content (AvgIpc) is 2.40. The van der Waals surface area contributed by atoms with Crippen LogP contribution in [0.4, 0.5) is 5.82 Å². The second-order valence-electron chi connectivity index (χ2n) is 4.92. The van der Waals surface area contributed by atoms with Crippen LogP contribution in [0.15, 0.2) is 18.3 Å². The minimum absolute atomic E-state index is 0.310. The average molecular weight is 244 g/mol. The monoisotopic (exact) mass is 244 g/mol. The third kappa shape index (κ3) is 3.44. The summed E-state index contributed by atoms with van der Waals surface area (Å²) in [6.45, 7) is 5.55. The molecular weight excluding hydrogens is 224 g/mol. The van der Waals surface area contributed by atoms with Gasteiger partial charge in [0, 0.05) is 18.8 Å². The number of nitrogens with one attached hydrogen (secondary N) is 1. The molecule has 0 aromatic carbocycles. The number of rotatable bonds is 4. The van der Waals surface area contributed by atoms with E-state index < -0.39 is 0 Å². The van der Waals surface area contributed by atoms with E-state index in [1.807, 2.05) is 0 Å². The predicted molar refractivity (Wildman–Crippen MR) is 72.3 cm³/mol. The Morgan fingerprint density at radius 3 is 2.94 bits per heavy atom. The van der Waals surface area contributed by atoms with Gasteiger partial charge in [0.1, 0.15) is 11.9 Å². The molecule has 2 rings (SSSR count). The molecule has 1 N–H and O–H groups in total. The molecule has 0 amide bonds. The van der Waals surface area contributed by atoms with E-state index in [9.17, 15) is 0 Å². The summed E-state index contributed by atoms with van der Waals surface area (Å²) < 4.78 is 0. The molecule has 4 nitrogen and oxygen atoms in total. The van der Waals surface area contributed by atoms with E-state index in [1.165, 1.54) is 32.4 Å². The fourth-order valence-corrected chi connectivity index (χ4v) is 2.42. The molecule has 1 unspecified atom stereocenters. The molecule has 4 heteroatoms. The molecule has 96 valence electrons. The van der Waals surface area contributed by atoms with Crippen molar-refractivity contribution in [3.05, 3.63) is 23.9 Å². The highest BCUT2D eigenvalue weighted by atomic mass is 15.2. The van der Waals surface area contributed by atoms with Crippen LogP contribution in [0, 0.1) is 11.3 Å². The summed E-state index contributed by atoms with van der Waals surface area (Å²) in [5.41, 5.74) is 0.614. The zero-order valence-corrected chi connectivity index (χ0v) is 10.9. The number of likely N-dealkylation sites (tertiary alicyclic amines) is 1. The number of pyridine rings is 1. The Morgan fingerprint density at radius 2 is 2.22 bits per heavy atom. The zero-order valence-electron chi connectivity index (χ0n) is 10.9. The smallest absolute Gasteiger partial charge is 0.144 e. The van der Waals surface area contributed by atoms with E-state index in [4.69, 9.17) is 5.26 Å². The van der Waals surface area contributed by atoms with Crippen LogP contribution in [0.2, 0.25) is 0 Å². The van der Waals surface area contributed by atoms with Crippen LogP contribution in [0.5, 0.6) is 0 Å². The van der Waals surface area contributed by atoms with Crippen LogP contribution in [0.3, 0.4) is 0 Å². The summed E-state index contributed by atoms with van der Waals surface area (Å²) in [6, 6.07) is 6.06. The van der Waals surface area contributed by atoms with Gasteiger partial charge in [-0.05, 0) is 45.0 Å². The standard InChI is InChI=1S/C14H20N4/c1-12(11-18-8-3-2-4-9-18)17-14-13(10-15)6-5-7-16-14/h5-7,12H,2-4,8-9,11H2,1H3,(H,16,17). The van der Waals surface area contributed by atoms with Crippen molar-refractivity contribution in [2.45, 2.75) is 32.2 Å². The Hall–Kier alpha value is -1.60. The largest absolute Gasteiger partial charge is 0.365 e. The van der Waals surface area contributed by atoms with E-state index in [0.717, 1.165) is 6.54 Å². The first-order chi connectivity index (χ1) is 8.79. The van der Waals surface area contributed by atoms with Gasteiger partial charge < -0.3 is 10.2 Å². The van der Waals surface area contributed by atoms with Gasteiger partial charge in [-0.1, -0.05) is 6.42 Å². The van der Waals surface area contributed by atoms with E-state index >= 15 is 0 Å². The Labute approximate surface area is 109 Å². The Bertz CT molecular complexity index is 418. The lowest BCUT2D eigenvalue weighted by molar-refractivity contribution is 0.223. The maximum atomic E-state index is 9.01. The first-order valence-corrected chi connectivity index (χ1v) is 6.63. The third-order valence-corrected chi connectivity index (χ3v) is 3.29. The summed E-state index contributed by atoms with van der Waals surface area (Å²) in [7, 11) is 0. The van der Waals surface area contributed by atoms with Crippen molar-refractivity contribution in [2.24, 2.45) is 0 Å². The molecule has 0 radical (unpaired) electrons. The number of nitrogens with zero attached hydrogens (tertiary/aromatic N) is 3. The van der Waals surface area contributed by atoms with Crippen molar-refractivity contribution >= 4 is 5.82 Å². The number of hydrogen-bond acceptors (Lipinski definition) is 4. The van der Waals surface area contributed by atoms with Crippen LogP contribution < -0.4 is 5.32 Å². The predicted octanol–water partition coefficient (Wildman–Crippen LogP) is 2.24. The summed E-state index contributed by atoms with van der Waals surface area (Å²) in [5.74, 6) is 0.699. The fraction of sp³-hybridized carbons (Fsp3) is 0.571. The number of aromatic nitrogens is 1. The highest BCUT2D eigenvalue weighted by Gasteiger charge is 2.14. The van der Waals surface area contributed by atoms with Crippen molar-refractivity contribution in [2.75, 3.05) is 25.0 Å². The van der Waals surface area contributed by atoms with Gasteiger partial charge in [-0.2, -0.15) is 5.26 Å². The molecule has 0 spiro atoms. The van der Waals surface area contributed by atoms with Crippen LogP contribution in [0.1, 0.15) is 31.7 Å². The maximum absolute atomic E-state index is 9.01. The highest BCUT2D eigenvalue weighted by Crippen LogP contribution is 2.13. The number of anilines is 1. The molecule has 2 heterocycles. The molecule has 0 bridgehead atoms. The molecule has 1 atom stereocenters. The SMILES string of the molecule is CC(CN1CCCCC1)Nc1ncccc1C#N. The molecule has 0 saturated carbocycles. The first kappa shape index (κ1) is 12.8. The number of nitriles is 1. The molecule has 1 aromatic rings. The van der Waals surface area contributed by atoms with Crippen molar-refractivity contribution < 1.29 is 0 Å². The lowest BCUT2D eigenvalue weighted by atomic mass is 10.1. The zero-order chi connectivity index (χ0) is 12.8. The summed E-state index contributed by atoms with van der Waals surface area (Å²) in [4.78, 5) is 6.71. The summed E-state index contributed by atoms with van der Waals surface area (Å²) in [5, 5.41) is 12.3. The van der Waals surface area contributed by atoms with Gasteiger partial charge in [0.25, 0.3) is 0 Å². The quantitative estimate of drug-likeness (QED) is 0.882. The van der Waals surface area contributed by atoms with Crippen molar-refractivity contribution in [3.8, 4) is 6.07 Å². The lowest BCUT2D eigenvalue weighted by Gasteiger charge is -2.29. The van der Waals surface area contributed by atoms with E-state index in [2.05, 4.69) is 28.2 Å². The maximum Gasteiger partial charge on any atom is 0.144 e. The minimum atomic E-state index is 0.310. The number of piperidine rings is 1. The van der Waals surface area contributed by atoms with E-state index in [0.29, 0.717) is 17.4 Å². The summed E-state index contributed by atoms with van der Waals surface area (Å²) >= 11 is 0. The topological polar surface area (TPSA) is 52.0 Å². The Morgan fingerprint density at radius 1 is 1.44 bits per heavy atom. The number of hydrogen-bond donors (Lipinski definition) is 1. The van der Waals surface area contributed by atoms with Gasteiger partial charge in [0.05, 0.1) is 5.56 Å². The molecule has 1 fully saturated rings. The van der Waals surface area contributed by atoms with Crippen molar-refractivity contribution in [1.82, 2.24) is 9.88 Å². The normalized spacial score (nSPS) is 18.0. The fourth-order valence-electron chi connectivity index (χ4n) is 2.42. The van der Waals surface area contributed by atoms with Gasteiger partial charge in [0.15, 0.2) is 0 Å².